The summed E-state index contributed by atoms with van der Waals surface area (Å²) >= 11 is 0. The van der Waals surface area contributed by atoms with E-state index in [-0.39, 0.29) is 11.4 Å². The Hall–Kier alpha value is -2.50. The minimum Gasteiger partial charge on any atom is -0.478 e. The van der Waals surface area contributed by atoms with Crippen molar-refractivity contribution in [2.24, 2.45) is 0 Å². The van der Waals surface area contributed by atoms with Crippen LogP contribution < -0.4 is 5.32 Å². The number of hydrogen-bond donors (Lipinski definition) is 2. The van der Waals surface area contributed by atoms with Gasteiger partial charge in [0, 0.05) is 18.9 Å². The molecule has 0 amide bonds. The van der Waals surface area contributed by atoms with E-state index in [1.807, 2.05) is 12.1 Å². The van der Waals surface area contributed by atoms with Gasteiger partial charge in [0.1, 0.15) is 5.56 Å². The Morgan fingerprint density at radius 2 is 1.95 bits per heavy atom. The van der Waals surface area contributed by atoms with E-state index in [1.165, 1.54) is 0 Å². The van der Waals surface area contributed by atoms with Crippen LogP contribution in [0.5, 0.6) is 0 Å². The number of carboxylic acid groups (broad SMARTS) is 1. The molecule has 2 aromatic heterocycles. The van der Waals surface area contributed by atoms with Crippen molar-refractivity contribution >= 4 is 11.8 Å². The molecule has 0 aromatic carbocycles. The van der Waals surface area contributed by atoms with Crippen molar-refractivity contribution < 1.29 is 9.90 Å². The molecule has 0 unspecified atom stereocenters. The summed E-state index contributed by atoms with van der Waals surface area (Å²) in [6, 6.07) is 3.70. The molecule has 0 atom stereocenters. The fourth-order valence-corrected chi connectivity index (χ4v) is 1.68. The number of pyridine rings is 1. The van der Waals surface area contributed by atoms with Gasteiger partial charge in [-0.3, -0.25) is 4.98 Å². The van der Waals surface area contributed by atoms with Gasteiger partial charge in [0.2, 0.25) is 0 Å². The minimum absolute atomic E-state index is 0.168. The number of rotatable bonds is 4. The van der Waals surface area contributed by atoms with Gasteiger partial charge in [-0.2, -0.15) is 5.10 Å². The highest BCUT2D eigenvalue weighted by molar-refractivity contribution is 5.94. The van der Waals surface area contributed by atoms with Crippen LogP contribution in [0.15, 0.2) is 24.5 Å². The molecule has 98 valence electrons. The lowest BCUT2D eigenvalue weighted by Gasteiger charge is -2.11. The molecule has 2 heterocycles. The average Bonchev–Trinajstić information content (AvgIpc) is 2.41. The molecule has 0 bridgehead atoms. The number of aryl methyl sites for hydroxylation is 1. The SMILES string of the molecule is Cc1nnc(NCc2ccncc2)c(C(=O)O)c1C. The van der Waals surface area contributed by atoms with E-state index in [2.05, 4.69) is 20.5 Å². The van der Waals surface area contributed by atoms with Gasteiger partial charge in [0.25, 0.3) is 0 Å². The fraction of sp³-hybridized carbons (Fsp3) is 0.231. The highest BCUT2D eigenvalue weighted by atomic mass is 16.4. The quantitative estimate of drug-likeness (QED) is 0.869. The maximum Gasteiger partial charge on any atom is 0.339 e. The summed E-state index contributed by atoms with van der Waals surface area (Å²) in [5.41, 5.74) is 2.40. The second kappa shape index (κ2) is 5.43. The highest BCUT2D eigenvalue weighted by Crippen LogP contribution is 2.18. The Bertz CT molecular complexity index is 599. The zero-order valence-electron chi connectivity index (χ0n) is 10.7. The smallest absolute Gasteiger partial charge is 0.339 e. The van der Waals surface area contributed by atoms with Gasteiger partial charge in [0.05, 0.1) is 5.69 Å². The van der Waals surface area contributed by atoms with Crippen LogP contribution in [-0.2, 0) is 6.54 Å². The maximum absolute atomic E-state index is 11.3. The topological polar surface area (TPSA) is 88.0 Å². The number of nitrogens with zero attached hydrogens (tertiary/aromatic N) is 3. The minimum atomic E-state index is -1.01. The number of aromatic nitrogens is 3. The fourth-order valence-electron chi connectivity index (χ4n) is 1.68. The van der Waals surface area contributed by atoms with Gasteiger partial charge in [-0.1, -0.05) is 0 Å². The molecule has 6 heteroatoms. The summed E-state index contributed by atoms with van der Waals surface area (Å²) in [6.45, 7) is 3.94. The molecule has 0 aliphatic heterocycles. The van der Waals surface area contributed by atoms with Crippen LogP contribution in [0.2, 0.25) is 0 Å². The van der Waals surface area contributed by atoms with Gasteiger partial charge in [-0.25, -0.2) is 4.79 Å². The molecule has 0 radical (unpaired) electrons. The Balaban J connectivity index is 2.26. The van der Waals surface area contributed by atoms with Crippen molar-refractivity contribution in [3.63, 3.8) is 0 Å². The molecule has 19 heavy (non-hydrogen) atoms. The lowest BCUT2D eigenvalue weighted by molar-refractivity contribution is 0.0696. The van der Waals surface area contributed by atoms with E-state index in [0.29, 0.717) is 17.8 Å². The molecule has 0 aliphatic carbocycles. The van der Waals surface area contributed by atoms with Crippen LogP contribution in [0.4, 0.5) is 5.82 Å². The lowest BCUT2D eigenvalue weighted by Crippen LogP contribution is -2.12. The van der Waals surface area contributed by atoms with Gasteiger partial charge in [-0.05, 0) is 37.1 Å². The summed E-state index contributed by atoms with van der Waals surface area (Å²) in [6.07, 6.45) is 3.36. The zero-order valence-corrected chi connectivity index (χ0v) is 10.7. The number of aromatic carboxylic acids is 1. The van der Waals surface area contributed by atoms with Crippen LogP contribution in [0.25, 0.3) is 0 Å². The Morgan fingerprint density at radius 1 is 1.26 bits per heavy atom. The molecular formula is C13H14N4O2. The van der Waals surface area contributed by atoms with Crippen LogP contribution >= 0.6 is 0 Å². The van der Waals surface area contributed by atoms with Crippen molar-refractivity contribution in [1.82, 2.24) is 15.2 Å². The van der Waals surface area contributed by atoms with Crippen molar-refractivity contribution in [2.75, 3.05) is 5.32 Å². The van der Waals surface area contributed by atoms with Crippen LogP contribution in [0, 0.1) is 13.8 Å². The molecule has 6 nitrogen and oxygen atoms in total. The predicted molar refractivity (Wildman–Crippen MR) is 70.0 cm³/mol. The Morgan fingerprint density at radius 3 is 2.58 bits per heavy atom. The maximum atomic E-state index is 11.3. The number of carboxylic acids is 1. The van der Waals surface area contributed by atoms with Gasteiger partial charge in [-0.15, -0.1) is 5.10 Å². The van der Waals surface area contributed by atoms with Crippen molar-refractivity contribution in [2.45, 2.75) is 20.4 Å². The molecule has 2 N–H and O–H groups in total. The third-order valence-electron chi connectivity index (χ3n) is 2.88. The Labute approximate surface area is 110 Å². The van der Waals surface area contributed by atoms with Crippen molar-refractivity contribution in [1.29, 1.82) is 0 Å². The van der Waals surface area contributed by atoms with Crippen LogP contribution in [0.1, 0.15) is 27.2 Å². The monoisotopic (exact) mass is 258 g/mol. The zero-order chi connectivity index (χ0) is 13.8. The summed E-state index contributed by atoms with van der Waals surface area (Å²) < 4.78 is 0. The van der Waals surface area contributed by atoms with Crippen LogP contribution in [0.3, 0.4) is 0 Å². The van der Waals surface area contributed by atoms with Crippen LogP contribution in [-0.4, -0.2) is 26.3 Å². The van der Waals surface area contributed by atoms with Crippen molar-refractivity contribution in [3.8, 4) is 0 Å². The van der Waals surface area contributed by atoms with Gasteiger partial charge < -0.3 is 10.4 Å². The summed E-state index contributed by atoms with van der Waals surface area (Å²) in [5, 5.41) is 20.1. The molecule has 0 spiro atoms. The normalized spacial score (nSPS) is 10.2. The third-order valence-corrected chi connectivity index (χ3v) is 2.88. The molecular weight excluding hydrogens is 244 g/mol. The summed E-state index contributed by atoms with van der Waals surface area (Å²) in [5.74, 6) is -0.722. The first-order chi connectivity index (χ1) is 9.09. The molecule has 0 saturated carbocycles. The van der Waals surface area contributed by atoms with E-state index in [9.17, 15) is 9.90 Å². The Kier molecular flexibility index (Phi) is 3.70. The number of carbonyl (C=O) groups is 1. The highest BCUT2D eigenvalue weighted by Gasteiger charge is 2.17. The first kappa shape index (κ1) is 12.9. The van der Waals surface area contributed by atoms with Crippen molar-refractivity contribution in [3.05, 3.63) is 46.9 Å². The van der Waals surface area contributed by atoms with E-state index in [0.717, 1.165) is 5.56 Å². The first-order valence-electron chi connectivity index (χ1n) is 5.79. The predicted octanol–water partition coefficient (Wildman–Crippen LogP) is 1.80. The molecule has 0 aliphatic rings. The van der Waals surface area contributed by atoms with E-state index < -0.39 is 5.97 Å². The average molecular weight is 258 g/mol. The number of nitrogens with one attached hydrogen (secondary N) is 1. The van der Waals surface area contributed by atoms with E-state index >= 15 is 0 Å². The molecule has 0 saturated heterocycles. The van der Waals surface area contributed by atoms with Gasteiger partial charge in [0.15, 0.2) is 5.82 Å². The first-order valence-corrected chi connectivity index (χ1v) is 5.79. The molecule has 2 rings (SSSR count). The molecule has 2 aromatic rings. The summed E-state index contributed by atoms with van der Waals surface area (Å²) in [4.78, 5) is 15.2. The third kappa shape index (κ3) is 2.85. The second-order valence-electron chi connectivity index (χ2n) is 4.15. The van der Waals surface area contributed by atoms with Gasteiger partial charge >= 0.3 is 5.97 Å². The number of anilines is 1. The molecule has 0 fully saturated rings. The largest absolute Gasteiger partial charge is 0.478 e. The summed E-state index contributed by atoms with van der Waals surface area (Å²) in [7, 11) is 0. The lowest BCUT2D eigenvalue weighted by atomic mass is 10.1. The standard InChI is InChI=1S/C13H14N4O2/c1-8-9(2)16-17-12(11(8)13(18)19)15-7-10-3-5-14-6-4-10/h3-6H,7H2,1-2H3,(H,15,17)(H,18,19). The van der Waals surface area contributed by atoms with E-state index in [1.54, 1.807) is 26.2 Å². The van der Waals surface area contributed by atoms with E-state index in [4.69, 9.17) is 0 Å². The second-order valence-corrected chi connectivity index (χ2v) is 4.15. The number of hydrogen-bond acceptors (Lipinski definition) is 5.